The summed E-state index contributed by atoms with van der Waals surface area (Å²) in [7, 11) is 0. The van der Waals surface area contributed by atoms with Crippen molar-refractivity contribution in [3.63, 3.8) is 0 Å². The Bertz CT molecular complexity index is 1030. The minimum absolute atomic E-state index is 0.0144. The molecule has 0 aliphatic heterocycles. The fourth-order valence-corrected chi connectivity index (χ4v) is 3.88. The van der Waals surface area contributed by atoms with Gasteiger partial charge in [0.25, 0.3) is 0 Å². The number of nitrogens with one attached hydrogen (secondary N) is 1. The lowest BCUT2D eigenvalue weighted by molar-refractivity contribution is 0.0112. The molecule has 1 amide bonds. The molecule has 1 aromatic heterocycles. The molecule has 0 saturated carbocycles. The van der Waals surface area contributed by atoms with Crippen molar-refractivity contribution in [3.05, 3.63) is 77.6 Å². The number of nitrogens with zero attached hydrogens (tertiary/aromatic N) is 2. The molecule has 8 nitrogen and oxygen atoms in total. The van der Waals surface area contributed by atoms with Gasteiger partial charge in [-0.05, 0) is 34.7 Å². The van der Waals surface area contributed by atoms with E-state index in [-0.39, 0.29) is 37.1 Å². The molecule has 31 heavy (non-hydrogen) atoms. The van der Waals surface area contributed by atoms with Gasteiger partial charge in [-0.3, -0.25) is 0 Å². The molecule has 2 atom stereocenters. The highest BCUT2D eigenvalue weighted by molar-refractivity contribution is 5.79. The van der Waals surface area contributed by atoms with Crippen LogP contribution in [0.15, 0.2) is 60.8 Å². The van der Waals surface area contributed by atoms with Crippen molar-refractivity contribution in [2.45, 2.75) is 24.5 Å². The van der Waals surface area contributed by atoms with E-state index < -0.39 is 18.3 Å². The van der Waals surface area contributed by atoms with Gasteiger partial charge in [-0.15, -0.1) is 0 Å². The quantitative estimate of drug-likeness (QED) is 0.462. The van der Waals surface area contributed by atoms with Crippen LogP contribution >= 0.6 is 0 Å². The summed E-state index contributed by atoms with van der Waals surface area (Å²) < 4.78 is 5.45. The number of carbonyl (C=O) groups is 1. The van der Waals surface area contributed by atoms with Gasteiger partial charge in [0.05, 0.1) is 11.8 Å². The van der Waals surface area contributed by atoms with Gasteiger partial charge in [0.1, 0.15) is 12.7 Å². The maximum atomic E-state index is 12.2. The molecular weight excluding hydrogens is 396 g/mol. The maximum Gasteiger partial charge on any atom is 0.407 e. The molecule has 1 aliphatic rings. The van der Waals surface area contributed by atoms with E-state index in [4.69, 9.17) is 10.5 Å². The van der Waals surface area contributed by atoms with Gasteiger partial charge in [-0.1, -0.05) is 48.5 Å². The van der Waals surface area contributed by atoms with Crippen LogP contribution in [-0.4, -0.2) is 45.5 Å². The highest BCUT2D eigenvalue weighted by Crippen LogP contribution is 2.44. The number of hydrogen-bond donors (Lipinski definition) is 4. The monoisotopic (exact) mass is 420 g/mol. The molecule has 0 saturated heterocycles. The Hall–Kier alpha value is -3.49. The molecule has 1 aliphatic carbocycles. The molecule has 0 bridgehead atoms. The van der Waals surface area contributed by atoms with Crippen molar-refractivity contribution in [2.24, 2.45) is 0 Å². The summed E-state index contributed by atoms with van der Waals surface area (Å²) in [5, 5.41) is 22.9. The first-order valence-corrected chi connectivity index (χ1v) is 10.1. The zero-order chi connectivity index (χ0) is 21.8. The Balaban J connectivity index is 1.28. The molecule has 2 unspecified atom stereocenters. The number of hydrogen-bond acceptors (Lipinski definition) is 7. The summed E-state index contributed by atoms with van der Waals surface area (Å²) in [6.07, 6.45) is -1.40. The van der Waals surface area contributed by atoms with E-state index in [1.807, 2.05) is 24.3 Å². The van der Waals surface area contributed by atoms with Gasteiger partial charge in [-0.25, -0.2) is 14.8 Å². The second-order valence-corrected chi connectivity index (χ2v) is 7.39. The van der Waals surface area contributed by atoms with Crippen molar-refractivity contribution in [1.29, 1.82) is 0 Å². The normalized spacial score (nSPS) is 14.4. The zero-order valence-electron chi connectivity index (χ0n) is 16.8. The van der Waals surface area contributed by atoms with E-state index in [2.05, 4.69) is 39.6 Å². The number of nitrogen functional groups attached to an aromatic ring is 1. The summed E-state index contributed by atoms with van der Waals surface area (Å²) in [6, 6.07) is 17.7. The lowest BCUT2D eigenvalue weighted by atomic mass is 9.98. The lowest BCUT2D eigenvalue weighted by Crippen LogP contribution is -2.31. The number of aliphatic hydroxyl groups excluding tert-OH is 2. The van der Waals surface area contributed by atoms with Crippen LogP contribution in [0.4, 0.5) is 10.7 Å². The largest absolute Gasteiger partial charge is 0.449 e. The number of aliphatic hydroxyl groups is 2. The third-order valence-electron chi connectivity index (χ3n) is 5.42. The summed E-state index contributed by atoms with van der Waals surface area (Å²) in [6.45, 7) is 0.348. The predicted octanol–water partition coefficient (Wildman–Crippen LogP) is 2.38. The number of anilines is 1. The number of nitrogens with two attached hydrogens (primary N) is 1. The molecule has 4 rings (SSSR count). The highest BCUT2D eigenvalue weighted by Gasteiger charge is 2.29. The number of carbonyl (C=O) groups excluding carboxylic acids is 1. The topological polar surface area (TPSA) is 131 Å². The number of rotatable bonds is 7. The molecule has 8 heteroatoms. The van der Waals surface area contributed by atoms with Gasteiger partial charge in [-0.2, -0.15) is 0 Å². The molecular formula is C23H24N4O4. The van der Waals surface area contributed by atoms with Crippen LogP contribution in [0.25, 0.3) is 11.1 Å². The van der Waals surface area contributed by atoms with Crippen molar-refractivity contribution >= 4 is 12.0 Å². The number of benzene rings is 2. The Morgan fingerprint density at radius 2 is 1.71 bits per heavy atom. The molecule has 1 heterocycles. The summed E-state index contributed by atoms with van der Waals surface area (Å²) >= 11 is 0. The zero-order valence-corrected chi connectivity index (χ0v) is 16.8. The third kappa shape index (κ3) is 4.50. The molecule has 3 aromatic rings. The Morgan fingerprint density at radius 1 is 1.06 bits per heavy atom. The van der Waals surface area contributed by atoms with Gasteiger partial charge in [0.2, 0.25) is 5.95 Å². The average molecular weight is 420 g/mol. The van der Waals surface area contributed by atoms with Crippen LogP contribution in [0.2, 0.25) is 0 Å². The fourth-order valence-electron chi connectivity index (χ4n) is 3.88. The molecule has 0 fully saturated rings. The maximum absolute atomic E-state index is 12.2. The molecule has 160 valence electrons. The van der Waals surface area contributed by atoms with Crippen LogP contribution in [0.5, 0.6) is 0 Å². The molecule has 0 radical (unpaired) electrons. The van der Waals surface area contributed by atoms with Gasteiger partial charge in [0, 0.05) is 18.7 Å². The third-order valence-corrected chi connectivity index (χ3v) is 5.42. The average Bonchev–Trinajstić information content (AvgIpc) is 3.11. The van der Waals surface area contributed by atoms with Crippen molar-refractivity contribution in [3.8, 4) is 11.1 Å². The second kappa shape index (κ2) is 9.11. The van der Waals surface area contributed by atoms with Crippen LogP contribution in [-0.2, 0) is 4.74 Å². The first-order chi connectivity index (χ1) is 15.0. The van der Waals surface area contributed by atoms with Crippen LogP contribution < -0.4 is 11.1 Å². The smallest absolute Gasteiger partial charge is 0.407 e. The Kier molecular flexibility index (Phi) is 6.11. The van der Waals surface area contributed by atoms with Crippen molar-refractivity contribution in [1.82, 2.24) is 15.3 Å². The standard InChI is InChI=1S/C23H24N4O4/c24-22-25-11-9-19(27-22)21(29)20(28)10-12-26-23(30)31-13-18-16-7-3-1-5-14(16)15-6-2-4-8-17(15)18/h1-9,11,18,20-21,28-29H,10,12-13H2,(H,26,30)(H2,24,25,27). The second-order valence-electron chi connectivity index (χ2n) is 7.39. The predicted molar refractivity (Wildman–Crippen MR) is 115 cm³/mol. The number of fused-ring (bicyclic) bond motifs is 3. The van der Waals surface area contributed by atoms with E-state index in [1.54, 1.807) is 0 Å². The highest BCUT2D eigenvalue weighted by atomic mass is 16.5. The first kappa shape index (κ1) is 20.8. The number of amides is 1. The molecule has 2 aromatic carbocycles. The van der Waals surface area contributed by atoms with Crippen LogP contribution in [0.3, 0.4) is 0 Å². The van der Waals surface area contributed by atoms with E-state index in [9.17, 15) is 15.0 Å². The fraction of sp³-hybridized carbons (Fsp3) is 0.261. The minimum atomic E-state index is -1.23. The SMILES string of the molecule is Nc1nccc(C(O)C(O)CCNC(=O)OCC2c3ccccc3-c3ccccc32)n1. The van der Waals surface area contributed by atoms with Gasteiger partial charge >= 0.3 is 6.09 Å². The number of ether oxygens (including phenoxy) is 1. The minimum Gasteiger partial charge on any atom is -0.449 e. The summed E-state index contributed by atoms with van der Waals surface area (Å²) in [5.74, 6) is -0.00528. The van der Waals surface area contributed by atoms with Crippen molar-refractivity contribution < 1.29 is 19.7 Å². The van der Waals surface area contributed by atoms with E-state index in [0.717, 1.165) is 22.3 Å². The molecule has 0 spiro atoms. The van der Waals surface area contributed by atoms with E-state index in [1.165, 1.54) is 12.3 Å². The number of aromatic nitrogens is 2. The summed E-state index contributed by atoms with van der Waals surface area (Å²) in [5.41, 5.74) is 10.3. The summed E-state index contributed by atoms with van der Waals surface area (Å²) in [4.78, 5) is 19.8. The van der Waals surface area contributed by atoms with Crippen molar-refractivity contribution in [2.75, 3.05) is 18.9 Å². The van der Waals surface area contributed by atoms with E-state index in [0.29, 0.717) is 0 Å². The number of alkyl carbamates (subject to hydrolysis) is 1. The van der Waals surface area contributed by atoms with Crippen LogP contribution in [0.1, 0.15) is 35.3 Å². The van der Waals surface area contributed by atoms with Crippen LogP contribution in [0, 0.1) is 0 Å². The van der Waals surface area contributed by atoms with Gasteiger partial charge in [0.15, 0.2) is 0 Å². The molecule has 5 N–H and O–H groups in total. The first-order valence-electron chi connectivity index (χ1n) is 10.1. The Morgan fingerprint density at radius 3 is 2.35 bits per heavy atom. The Labute approximate surface area is 179 Å². The lowest BCUT2D eigenvalue weighted by Gasteiger charge is -2.18. The van der Waals surface area contributed by atoms with E-state index >= 15 is 0 Å². The van der Waals surface area contributed by atoms with Gasteiger partial charge < -0.3 is 26.0 Å².